The van der Waals surface area contributed by atoms with Crippen molar-refractivity contribution in [3.63, 3.8) is 0 Å². The Kier molecular flexibility index (Phi) is 8.80. The van der Waals surface area contributed by atoms with Gasteiger partial charge in [-0.3, -0.25) is 10.1 Å². The second kappa shape index (κ2) is 12.0. The van der Waals surface area contributed by atoms with Crippen molar-refractivity contribution in [1.82, 2.24) is 9.80 Å². The highest BCUT2D eigenvalue weighted by atomic mass is 35.5. The quantitative estimate of drug-likeness (QED) is 0.113. The largest absolute Gasteiger partial charge is 0.365 e. The molecule has 0 saturated heterocycles. The fourth-order valence-electron chi connectivity index (χ4n) is 3.86. The summed E-state index contributed by atoms with van der Waals surface area (Å²) in [5.41, 5.74) is 1.82. The highest BCUT2D eigenvalue weighted by Crippen LogP contribution is 2.33. The van der Waals surface area contributed by atoms with Crippen LogP contribution in [0.3, 0.4) is 0 Å². The van der Waals surface area contributed by atoms with Gasteiger partial charge < -0.3 is 14.5 Å². The first kappa shape index (κ1) is 27.1. The summed E-state index contributed by atoms with van der Waals surface area (Å²) in [4.78, 5) is 14.4. The van der Waals surface area contributed by atoms with Gasteiger partial charge in [-0.15, -0.1) is 0 Å². The Morgan fingerprint density at radius 2 is 1.70 bits per heavy atom. The van der Waals surface area contributed by atoms with E-state index < -0.39 is 16.5 Å². The SMILES string of the molecule is N#Cc1cc([N+](=O)[O-])ccc1CN1C=CN(C(Cl)C(OCc2ccc(Cl)cc2Cl)c2ccc(Cl)cc2)C1. The van der Waals surface area contributed by atoms with Crippen LogP contribution in [-0.4, -0.2) is 26.9 Å². The number of benzene rings is 3. The van der Waals surface area contributed by atoms with Crippen LogP contribution in [0.25, 0.3) is 0 Å². The van der Waals surface area contributed by atoms with E-state index in [4.69, 9.17) is 51.1 Å². The molecule has 3 aromatic carbocycles. The van der Waals surface area contributed by atoms with Gasteiger partial charge in [0.15, 0.2) is 0 Å². The number of rotatable bonds is 9. The average Bonchev–Trinajstić information content (AvgIpc) is 3.34. The molecule has 0 bridgehead atoms. The molecule has 0 fully saturated rings. The maximum Gasteiger partial charge on any atom is 0.270 e. The summed E-state index contributed by atoms with van der Waals surface area (Å²) in [7, 11) is 0. The zero-order chi connectivity index (χ0) is 26.5. The molecule has 0 spiro atoms. The molecular weight excluding hydrogens is 558 g/mol. The lowest BCUT2D eigenvalue weighted by molar-refractivity contribution is -0.384. The molecule has 4 rings (SSSR count). The van der Waals surface area contributed by atoms with E-state index in [0.717, 1.165) is 11.1 Å². The Bertz CT molecular complexity index is 1360. The molecule has 2 atom stereocenters. The average molecular weight is 578 g/mol. The minimum absolute atomic E-state index is 0.122. The van der Waals surface area contributed by atoms with Crippen molar-refractivity contribution in [1.29, 1.82) is 5.26 Å². The highest BCUT2D eigenvalue weighted by molar-refractivity contribution is 6.35. The molecule has 190 valence electrons. The van der Waals surface area contributed by atoms with E-state index in [2.05, 4.69) is 0 Å². The number of nitro groups is 1. The number of hydrogen-bond donors (Lipinski definition) is 0. The van der Waals surface area contributed by atoms with E-state index in [0.29, 0.717) is 33.8 Å². The van der Waals surface area contributed by atoms with Crippen LogP contribution in [0.5, 0.6) is 0 Å². The van der Waals surface area contributed by atoms with Gasteiger partial charge in [-0.05, 0) is 47.0 Å². The molecule has 37 heavy (non-hydrogen) atoms. The minimum Gasteiger partial charge on any atom is -0.365 e. The van der Waals surface area contributed by atoms with E-state index in [-0.39, 0.29) is 17.9 Å². The van der Waals surface area contributed by atoms with Gasteiger partial charge in [-0.2, -0.15) is 5.26 Å². The van der Waals surface area contributed by atoms with E-state index in [1.54, 1.807) is 36.4 Å². The number of nitrogens with zero attached hydrogens (tertiary/aromatic N) is 4. The second-order valence-electron chi connectivity index (χ2n) is 8.30. The first-order valence-electron chi connectivity index (χ1n) is 11.1. The number of nitriles is 1. The Morgan fingerprint density at radius 3 is 2.38 bits per heavy atom. The Morgan fingerprint density at radius 1 is 1.00 bits per heavy atom. The number of non-ortho nitro benzene ring substituents is 1. The van der Waals surface area contributed by atoms with Crippen LogP contribution in [0.2, 0.25) is 15.1 Å². The third-order valence-electron chi connectivity index (χ3n) is 5.81. The maximum atomic E-state index is 11.0. The molecule has 0 amide bonds. The van der Waals surface area contributed by atoms with E-state index in [1.807, 2.05) is 40.4 Å². The molecule has 7 nitrogen and oxygen atoms in total. The van der Waals surface area contributed by atoms with Crippen molar-refractivity contribution in [3.8, 4) is 6.07 Å². The Balaban J connectivity index is 1.49. The van der Waals surface area contributed by atoms with Crippen LogP contribution >= 0.6 is 46.4 Å². The number of alkyl halides is 1. The lowest BCUT2D eigenvalue weighted by Crippen LogP contribution is -2.35. The maximum absolute atomic E-state index is 11.0. The normalized spacial score (nSPS) is 14.5. The molecule has 2 unspecified atom stereocenters. The molecule has 0 N–H and O–H groups in total. The second-order valence-corrected chi connectivity index (χ2v) is 10.0. The molecule has 0 aliphatic carbocycles. The van der Waals surface area contributed by atoms with Crippen molar-refractivity contribution >= 4 is 52.1 Å². The molecule has 0 saturated carbocycles. The fraction of sp³-hybridized carbons (Fsp3) is 0.192. The van der Waals surface area contributed by atoms with Crippen LogP contribution in [0.15, 0.2) is 73.1 Å². The predicted octanol–water partition coefficient (Wildman–Crippen LogP) is 7.50. The molecule has 1 aliphatic rings. The third kappa shape index (κ3) is 6.67. The van der Waals surface area contributed by atoms with Gasteiger partial charge in [0.1, 0.15) is 11.6 Å². The Labute approximate surface area is 234 Å². The van der Waals surface area contributed by atoms with Gasteiger partial charge in [-0.25, -0.2) is 0 Å². The van der Waals surface area contributed by atoms with Crippen molar-refractivity contribution in [2.75, 3.05) is 6.67 Å². The zero-order valence-electron chi connectivity index (χ0n) is 19.2. The van der Waals surface area contributed by atoms with Gasteiger partial charge in [-0.1, -0.05) is 64.6 Å². The van der Waals surface area contributed by atoms with Crippen molar-refractivity contribution in [2.45, 2.75) is 24.8 Å². The van der Waals surface area contributed by atoms with Gasteiger partial charge in [0.25, 0.3) is 5.69 Å². The van der Waals surface area contributed by atoms with Crippen LogP contribution in [0, 0.1) is 21.4 Å². The summed E-state index contributed by atoms with van der Waals surface area (Å²) in [6.07, 6.45) is 3.16. The lowest BCUT2D eigenvalue weighted by atomic mass is 10.1. The van der Waals surface area contributed by atoms with Crippen LogP contribution in [-0.2, 0) is 17.9 Å². The van der Waals surface area contributed by atoms with Gasteiger partial charge in [0.2, 0.25) is 0 Å². The number of ether oxygens (including phenoxy) is 1. The molecule has 3 aromatic rings. The fourth-order valence-corrected chi connectivity index (χ4v) is 4.80. The van der Waals surface area contributed by atoms with Crippen LogP contribution in [0.1, 0.15) is 28.4 Å². The summed E-state index contributed by atoms with van der Waals surface area (Å²) in [6, 6.07) is 18.8. The van der Waals surface area contributed by atoms with Gasteiger partial charge in [0, 0.05) is 46.1 Å². The summed E-state index contributed by atoms with van der Waals surface area (Å²) in [5.74, 6) is 0. The first-order chi connectivity index (χ1) is 17.7. The summed E-state index contributed by atoms with van der Waals surface area (Å²) >= 11 is 25.4. The van der Waals surface area contributed by atoms with Crippen molar-refractivity contribution in [2.24, 2.45) is 0 Å². The molecular formula is C26H20Cl4N4O3. The number of hydrogen-bond acceptors (Lipinski definition) is 6. The Hall–Kier alpha value is -2.99. The predicted molar refractivity (Wildman–Crippen MR) is 144 cm³/mol. The van der Waals surface area contributed by atoms with E-state index in [9.17, 15) is 15.4 Å². The molecule has 1 heterocycles. The summed E-state index contributed by atoms with van der Waals surface area (Å²) in [5, 5.41) is 22.1. The van der Waals surface area contributed by atoms with Crippen molar-refractivity contribution < 1.29 is 9.66 Å². The monoisotopic (exact) mass is 576 g/mol. The number of halogens is 4. The topological polar surface area (TPSA) is 82.6 Å². The minimum atomic E-state index is -0.596. The van der Waals surface area contributed by atoms with Crippen LogP contribution < -0.4 is 0 Å². The standard InChI is InChI=1S/C26H20Cl4N4O3/c27-21-5-1-17(2-6-21)25(37-15-19-3-7-22(28)12-24(19)29)26(30)33-10-9-32(16-33)14-18-4-8-23(34(35)36)11-20(18)13-31/h1-12,25-26H,14-16H2. The number of nitro benzene ring substituents is 1. The molecule has 1 aliphatic heterocycles. The lowest BCUT2D eigenvalue weighted by Gasteiger charge is -2.32. The summed E-state index contributed by atoms with van der Waals surface area (Å²) < 4.78 is 6.27. The third-order valence-corrected chi connectivity index (χ3v) is 7.13. The molecule has 0 radical (unpaired) electrons. The van der Waals surface area contributed by atoms with Gasteiger partial charge >= 0.3 is 0 Å². The molecule has 11 heteroatoms. The summed E-state index contributed by atoms with van der Waals surface area (Å²) in [6.45, 7) is 1.01. The first-order valence-corrected chi connectivity index (χ1v) is 12.6. The smallest absolute Gasteiger partial charge is 0.270 e. The van der Waals surface area contributed by atoms with Crippen molar-refractivity contribution in [3.05, 3.63) is 120 Å². The van der Waals surface area contributed by atoms with Gasteiger partial charge in [0.05, 0.1) is 29.8 Å². The van der Waals surface area contributed by atoms with E-state index in [1.165, 1.54) is 12.1 Å². The molecule has 0 aromatic heterocycles. The van der Waals surface area contributed by atoms with E-state index >= 15 is 0 Å². The highest BCUT2D eigenvalue weighted by Gasteiger charge is 2.30. The zero-order valence-corrected chi connectivity index (χ0v) is 22.3. The van der Waals surface area contributed by atoms with Crippen LogP contribution in [0.4, 0.5) is 5.69 Å².